The van der Waals surface area contributed by atoms with Crippen LogP contribution in [0, 0.1) is 5.82 Å². The molecule has 0 spiro atoms. The monoisotopic (exact) mass is 338 g/mol. The molecule has 1 fully saturated rings. The molecule has 0 aliphatic carbocycles. The Hall–Kier alpha value is -1.50. The van der Waals surface area contributed by atoms with Crippen molar-refractivity contribution in [1.82, 2.24) is 10.2 Å². The number of ether oxygens (including phenoxy) is 2. The molecule has 0 bridgehead atoms. The number of amides is 1. The maximum atomic E-state index is 13.6. The largest absolute Gasteiger partial charge is 0.379 e. The van der Waals surface area contributed by atoms with Crippen LogP contribution in [-0.4, -0.2) is 56.4 Å². The summed E-state index contributed by atoms with van der Waals surface area (Å²) >= 11 is 0. The first-order valence-electron chi connectivity index (χ1n) is 8.62. The molecule has 1 amide bonds. The van der Waals surface area contributed by atoms with Crippen LogP contribution in [0.25, 0.3) is 0 Å². The van der Waals surface area contributed by atoms with Crippen molar-refractivity contribution in [1.29, 1.82) is 0 Å². The average Bonchev–Trinajstić information content (AvgIpc) is 2.60. The van der Waals surface area contributed by atoms with Gasteiger partial charge in [-0.1, -0.05) is 19.1 Å². The molecular formula is C18H27FN2O3. The minimum Gasteiger partial charge on any atom is -0.379 e. The predicted molar refractivity (Wildman–Crippen MR) is 90.2 cm³/mol. The Balaban J connectivity index is 2.07. The number of benzene rings is 1. The van der Waals surface area contributed by atoms with Gasteiger partial charge in [-0.25, -0.2) is 4.39 Å². The maximum absolute atomic E-state index is 13.6. The van der Waals surface area contributed by atoms with E-state index in [1.165, 1.54) is 12.1 Å². The quantitative estimate of drug-likeness (QED) is 0.789. The number of rotatable bonds is 8. The van der Waals surface area contributed by atoms with Crippen LogP contribution >= 0.6 is 0 Å². The van der Waals surface area contributed by atoms with E-state index in [0.717, 1.165) is 18.7 Å². The molecule has 24 heavy (non-hydrogen) atoms. The Kier molecular flexibility index (Phi) is 7.62. The summed E-state index contributed by atoms with van der Waals surface area (Å²) in [7, 11) is 0. The SMILES string of the molecule is CCO[C@H](CC)C(=O)NC[C@@H](c1cccc(F)c1)N1CCOCC1. The first-order valence-corrected chi connectivity index (χ1v) is 8.62. The molecule has 5 nitrogen and oxygen atoms in total. The van der Waals surface area contributed by atoms with Crippen molar-refractivity contribution in [3.05, 3.63) is 35.6 Å². The summed E-state index contributed by atoms with van der Waals surface area (Å²) in [6, 6.07) is 6.49. The van der Waals surface area contributed by atoms with E-state index in [2.05, 4.69) is 10.2 Å². The molecule has 0 aromatic heterocycles. The zero-order valence-corrected chi connectivity index (χ0v) is 14.5. The molecule has 1 aromatic carbocycles. The second-order valence-corrected chi connectivity index (χ2v) is 5.82. The summed E-state index contributed by atoms with van der Waals surface area (Å²) in [6.07, 6.45) is 0.190. The van der Waals surface area contributed by atoms with Crippen molar-refractivity contribution in [2.75, 3.05) is 39.5 Å². The fourth-order valence-electron chi connectivity index (χ4n) is 2.95. The van der Waals surface area contributed by atoms with E-state index >= 15 is 0 Å². The number of morpholine rings is 1. The van der Waals surface area contributed by atoms with Gasteiger partial charge in [-0.3, -0.25) is 9.69 Å². The molecule has 1 aliphatic heterocycles. The number of carbonyl (C=O) groups is 1. The summed E-state index contributed by atoms with van der Waals surface area (Å²) in [5.74, 6) is -0.383. The molecule has 1 N–H and O–H groups in total. The van der Waals surface area contributed by atoms with Crippen LogP contribution in [0.2, 0.25) is 0 Å². The van der Waals surface area contributed by atoms with Gasteiger partial charge in [0.1, 0.15) is 11.9 Å². The Morgan fingerprint density at radius 3 is 2.75 bits per heavy atom. The van der Waals surface area contributed by atoms with Gasteiger partial charge in [0, 0.05) is 26.2 Å². The number of hydrogen-bond acceptors (Lipinski definition) is 4. The van der Waals surface area contributed by atoms with E-state index in [1.54, 1.807) is 6.07 Å². The molecular weight excluding hydrogens is 311 g/mol. The van der Waals surface area contributed by atoms with Gasteiger partial charge in [0.25, 0.3) is 0 Å². The molecule has 2 rings (SSSR count). The zero-order valence-electron chi connectivity index (χ0n) is 14.5. The lowest BCUT2D eigenvalue weighted by molar-refractivity contribution is -0.133. The predicted octanol–water partition coefficient (Wildman–Crippen LogP) is 2.13. The number of halogens is 1. The second-order valence-electron chi connectivity index (χ2n) is 5.82. The summed E-state index contributed by atoms with van der Waals surface area (Å²) in [4.78, 5) is 14.5. The van der Waals surface area contributed by atoms with Crippen molar-refractivity contribution in [2.24, 2.45) is 0 Å². The third-order valence-corrected chi connectivity index (χ3v) is 4.22. The van der Waals surface area contributed by atoms with Crippen LogP contribution in [0.3, 0.4) is 0 Å². The molecule has 0 unspecified atom stereocenters. The van der Waals surface area contributed by atoms with Crippen LogP contribution in [-0.2, 0) is 14.3 Å². The summed E-state index contributed by atoms with van der Waals surface area (Å²) in [5.41, 5.74) is 0.863. The highest BCUT2D eigenvalue weighted by Crippen LogP contribution is 2.22. The van der Waals surface area contributed by atoms with Crippen LogP contribution in [0.1, 0.15) is 31.9 Å². The molecule has 2 atom stereocenters. The molecule has 1 heterocycles. The molecule has 1 aromatic rings. The van der Waals surface area contributed by atoms with Gasteiger partial charge < -0.3 is 14.8 Å². The molecule has 1 saturated heterocycles. The lowest BCUT2D eigenvalue weighted by atomic mass is 10.0. The van der Waals surface area contributed by atoms with Crippen LogP contribution < -0.4 is 5.32 Å². The summed E-state index contributed by atoms with van der Waals surface area (Å²) in [5, 5.41) is 2.96. The van der Waals surface area contributed by atoms with Crippen LogP contribution in [0.4, 0.5) is 4.39 Å². The van der Waals surface area contributed by atoms with E-state index in [4.69, 9.17) is 9.47 Å². The van der Waals surface area contributed by atoms with Gasteiger partial charge in [-0.2, -0.15) is 0 Å². The van der Waals surface area contributed by atoms with E-state index in [-0.39, 0.29) is 17.8 Å². The van der Waals surface area contributed by atoms with E-state index in [9.17, 15) is 9.18 Å². The van der Waals surface area contributed by atoms with Crippen molar-refractivity contribution in [3.63, 3.8) is 0 Å². The van der Waals surface area contributed by atoms with Crippen molar-refractivity contribution in [2.45, 2.75) is 32.4 Å². The normalized spacial score (nSPS) is 18.1. The third kappa shape index (κ3) is 5.26. The smallest absolute Gasteiger partial charge is 0.249 e. The first-order chi connectivity index (χ1) is 11.7. The minimum absolute atomic E-state index is 0.0762. The lowest BCUT2D eigenvalue weighted by Gasteiger charge is -2.35. The molecule has 0 radical (unpaired) electrons. The van der Waals surface area contributed by atoms with Gasteiger partial charge in [-0.15, -0.1) is 0 Å². The molecule has 0 saturated carbocycles. The Morgan fingerprint density at radius 2 is 2.12 bits per heavy atom. The molecule has 1 aliphatic rings. The second kappa shape index (κ2) is 9.71. The summed E-state index contributed by atoms with van der Waals surface area (Å²) in [6.45, 7) is 7.55. The molecule has 134 valence electrons. The number of nitrogens with zero attached hydrogens (tertiary/aromatic N) is 1. The number of hydrogen-bond donors (Lipinski definition) is 1. The van der Waals surface area contributed by atoms with Crippen molar-refractivity contribution < 1.29 is 18.7 Å². The highest BCUT2D eigenvalue weighted by molar-refractivity contribution is 5.80. The van der Waals surface area contributed by atoms with Crippen LogP contribution in [0.5, 0.6) is 0 Å². The lowest BCUT2D eigenvalue weighted by Crippen LogP contribution is -2.45. The van der Waals surface area contributed by atoms with E-state index in [1.807, 2.05) is 19.9 Å². The fourth-order valence-corrected chi connectivity index (χ4v) is 2.95. The first kappa shape index (κ1) is 18.8. The minimum atomic E-state index is -0.437. The van der Waals surface area contributed by atoms with Crippen molar-refractivity contribution >= 4 is 5.91 Å². The Bertz CT molecular complexity index is 521. The third-order valence-electron chi connectivity index (χ3n) is 4.22. The topological polar surface area (TPSA) is 50.8 Å². The average molecular weight is 338 g/mol. The van der Waals surface area contributed by atoms with Crippen LogP contribution in [0.15, 0.2) is 24.3 Å². The van der Waals surface area contributed by atoms with Gasteiger partial charge in [-0.05, 0) is 31.0 Å². The van der Waals surface area contributed by atoms with Gasteiger partial charge in [0.2, 0.25) is 5.91 Å². The zero-order chi connectivity index (χ0) is 17.4. The number of carbonyl (C=O) groups excluding carboxylic acids is 1. The fraction of sp³-hybridized carbons (Fsp3) is 0.611. The van der Waals surface area contributed by atoms with E-state index in [0.29, 0.717) is 32.8 Å². The van der Waals surface area contributed by atoms with Gasteiger partial charge in [0.15, 0.2) is 0 Å². The van der Waals surface area contributed by atoms with E-state index < -0.39 is 6.10 Å². The summed E-state index contributed by atoms with van der Waals surface area (Å²) < 4.78 is 24.5. The van der Waals surface area contributed by atoms with Crippen molar-refractivity contribution in [3.8, 4) is 0 Å². The number of nitrogens with one attached hydrogen (secondary N) is 1. The highest BCUT2D eigenvalue weighted by Gasteiger charge is 2.25. The standard InChI is InChI=1S/C18H27FN2O3/c1-3-17(24-4-2)18(22)20-13-16(21-8-10-23-11-9-21)14-6-5-7-15(19)12-14/h5-7,12,16-17H,3-4,8-11,13H2,1-2H3,(H,20,22)/t16-,17+/m0/s1. The van der Waals surface area contributed by atoms with Gasteiger partial charge >= 0.3 is 0 Å². The maximum Gasteiger partial charge on any atom is 0.249 e. The van der Waals surface area contributed by atoms with Gasteiger partial charge in [0.05, 0.1) is 19.3 Å². The Labute approximate surface area is 143 Å². The highest BCUT2D eigenvalue weighted by atomic mass is 19.1. The molecule has 6 heteroatoms. The Morgan fingerprint density at radius 1 is 1.38 bits per heavy atom.